The van der Waals surface area contributed by atoms with Gasteiger partial charge in [-0.3, -0.25) is 4.68 Å². The summed E-state index contributed by atoms with van der Waals surface area (Å²) in [6.45, 7) is 0. The molecule has 0 amide bonds. The van der Waals surface area contributed by atoms with E-state index in [4.69, 9.17) is 12.2 Å². The standard InChI is InChI=1S/C24H22N4S2/c29-24(26-21-16-25-28(17-21)18-30-22-14-8-3-9-15-22)27-23(19-10-4-1-5-11-19)20-12-6-2-7-13-20/h1-17,23H,18H2,(H2,26,27,29). The predicted octanol–water partition coefficient (Wildman–Crippen LogP) is 5.71. The molecular formula is C24H22N4S2. The summed E-state index contributed by atoms with van der Waals surface area (Å²) >= 11 is 7.33. The third-order valence-corrected chi connectivity index (χ3v) is 5.76. The van der Waals surface area contributed by atoms with Crippen LogP contribution in [0.4, 0.5) is 5.69 Å². The smallest absolute Gasteiger partial charge is 0.171 e. The molecule has 0 unspecified atom stereocenters. The van der Waals surface area contributed by atoms with Gasteiger partial charge in [0.1, 0.15) is 0 Å². The van der Waals surface area contributed by atoms with Gasteiger partial charge in [-0.05, 0) is 35.5 Å². The van der Waals surface area contributed by atoms with Crippen LogP contribution in [0.25, 0.3) is 0 Å². The SMILES string of the molecule is S=C(Nc1cnn(CSc2ccccc2)c1)NC(c1ccccc1)c1ccccc1. The molecule has 0 atom stereocenters. The van der Waals surface area contributed by atoms with E-state index >= 15 is 0 Å². The van der Waals surface area contributed by atoms with Crippen molar-refractivity contribution in [3.8, 4) is 0 Å². The monoisotopic (exact) mass is 430 g/mol. The summed E-state index contributed by atoms with van der Waals surface area (Å²) in [4.78, 5) is 1.22. The minimum Gasteiger partial charge on any atom is -0.352 e. The summed E-state index contributed by atoms with van der Waals surface area (Å²) in [7, 11) is 0. The van der Waals surface area contributed by atoms with Gasteiger partial charge in [-0.25, -0.2) is 0 Å². The second kappa shape index (κ2) is 10.1. The Morgan fingerprint density at radius 3 is 2.03 bits per heavy atom. The van der Waals surface area contributed by atoms with E-state index < -0.39 is 0 Å². The quantitative estimate of drug-likeness (QED) is 0.290. The second-order valence-electron chi connectivity index (χ2n) is 6.71. The minimum absolute atomic E-state index is 0.0314. The molecule has 3 aromatic carbocycles. The van der Waals surface area contributed by atoms with Gasteiger partial charge < -0.3 is 10.6 Å². The van der Waals surface area contributed by atoms with Crippen molar-refractivity contribution >= 4 is 34.8 Å². The summed E-state index contributed by atoms with van der Waals surface area (Å²) in [6, 6.07) is 30.9. The van der Waals surface area contributed by atoms with Crippen LogP contribution < -0.4 is 10.6 Å². The van der Waals surface area contributed by atoms with Crippen LogP contribution in [0.15, 0.2) is 108 Å². The first-order chi connectivity index (χ1) is 14.8. The minimum atomic E-state index is -0.0314. The second-order valence-corrected chi connectivity index (χ2v) is 8.13. The van der Waals surface area contributed by atoms with E-state index in [2.05, 4.69) is 52.1 Å². The lowest BCUT2D eigenvalue weighted by atomic mass is 9.99. The van der Waals surface area contributed by atoms with E-state index in [1.165, 1.54) is 4.90 Å². The van der Waals surface area contributed by atoms with E-state index in [9.17, 15) is 0 Å². The Kier molecular flexibility index (Phi) is 6.79. The van der Waals surface area contributed by atoms with Gasteiger partial charge in [0.15, 0.2) is 5.11 Å². The van der Waals surface area contributed by atoms with Crippen molar-refractivity contribution in [2.24, 2.45) is 0 Å². The summed E-state index contributed by atoms with van der Waals surface area (Å²) in [5.74, 6) is 0.739. The predicted molar refractivity (Wildman–Crippen MR) is 129 cm³/mol. The molecule has 4 aromatic rings. The zero-order chi connectivity index (χ0) is 20.6. The number of anilines is 1. The van der Waals surface area contributed by atoms with E-state index in [-0.39, 0.29) is 6.04 Å². The average molecular weight is 431 g/mol. The largest absolute Gasteiger partial charge is 0.352 e. The van der Waals surface area contributed by atoms with Gasteiger partial charge in [-0.15, -0.1) is 11.8 Å². The molecule has 4 rings (SSSR count). The third-order valence-electron chi connectivity index (χ3n) is 4.54. The summed E-state index contributed by atoms with van der Waals surface area (Å²) in [5, 5.41) is 11.7. The normalized spacial score (nSPS) is 10.7. The van der Waals surface area contributed by atoms with Gasteiger partial charge >= 0.3 is 0 Å². The highest BCUT2D eigenvalue weighted by Gasteiger charge is 2.15. The molecule has 1 aromatic heterocycles. The van der Waals surface area contributed by atoms with Crippen molar-refractivity contribution in [3.63, 3.8) is 0 Å². The first-order valence-corrected chi connectivity index (χ1v) is 11.0. The number of rotatable bonds is 7. The fraction of sp³-hybridized carbons (Fsp3) is 0.0833. The van der Waals surface area contributed by atoms with Crippen LogP contribution in [-0.4, -0.2) is 14.9 Å². The molecule has 150 valence electrons. The lowest BCUT2D eigenvalue weighted by Gasteiger charge is -2.21. The molecule has 0 fully saturated rings. The van der Waals surface area contributed by atoms with Gasteiger partial charge in [0.2, 0.25) is 0 Å². The Labute approximate surface area is 186 Å². The zero-order valence-corrected chi connectivity index (χ0v) is 17.9. The topological polar surface area (TPSA) is 41.9 Å². The van der Waals surface area contributed by atoms with Crippen LogP contribution in [0.1, 0.15) is 17.2 Å². The Bertz CT molecular complexity index is 1030. The highest BCUT2D eigenvalue weighted by atomic mass is 32.2. The number of nitrogens with one attached hydrogen (secondary N) is 2. The Morgan fingerprint density at radius 2 is 1.43 bits per heavy atom. The molecule has 2 N–H and O–H groups in total. The van der Waals surface area contributed by atoms with Crippen molar-refractivity contribution in [1.29, 1.82) is 0 Å². The number of hydrogen-bond acceptors (Lipinski definition) is 3. The zero-order valence-electron chi connectivity index (χ0n) is 16.3. The van der Waals surface area contributed by atoms with E-state index in [1.54, 1.807) is 18.0 Å². The molecule has 0 aliphatic carbocycles. The van der Waals surface area contributed by atoms with Gasteiger partial charge in [-0.2, -0.15) is 5.10 Å². The molecule has 0 aliphatic rings. The lowest BCUT2D eigenvalue weighted by molar-refractivity contribution is 0.751. The number of thioether (sulfide) groups is 1. The molecular weight excluding hydrogens is 408 g/mol. The van der Waals surface area contributed by atoms with Crippen molar-refractivity contribution in [2.75, 3.05) is 5.32 Å². The van der Waals surface area contributed by atoms with E-state index in [1.807, 2.05) is 65.5 Å². The Hall–Kier alpha value is -3.09. The van der Waals surface area contributed by atoms with Gasteiger partial charge in [0.25, 0.3) is 0 Å². The molecule has 0 aliphatic heterocycles. The van der Waals surface area contributed by atoms with Crippen LogP contribution in [0.3, 0.4) is 0 Å². The molecule has 4 nitrogen and oxygen atoms in total. The molecule has 0 bridgehead atoms. The molecule has 30 heavy (non-hydrogen) atoms. The maximum Gasteiger partial charge on any atom is 0.171 e. The molecule has 0 saturated heterocycles. The number of hydrogen-bond donors (Lipinski definition) is 2. The van der Waals surface area contributed by atoms with E-state index in [0.717, 1.165) is 22.7 Å². The molecule has 6 heteroatoms. The average Bonchev–Trinajstić information content (AvgIpc) is 3.25. The highest BCUT2D eigenvalue weighted by molar-refractivity contribution is 7.98. The number of aromatic nitrogens is 2. The fourth-order valence-corrected chi connectivity index (χ4v) is 4.11. The molecule has 1 heterocycles. The third kappa shape index (κ3) is 5.49. The molecule has 0 spiro atoms. The fourth-order valence-electron chi connectivity index (χ4n) is 3.10. The summed E-state index contributed by atoms with van der Waals surface area (Å²) in [5.41, 5.74) is 3.17. The maximum atomic E-state index is 5.60. The van der Waals surface area contributed by atoms with Gasteiger partial charge in [-0.1, -0.05) is 78.9 Å². The van der Waals surface area contributed by atoms with Crippen LogP contribution >= 0.6 is 24.0 Å². The Balaban J connectivity index is 1.40. The number of nitrogens with zero attached hydrogens (tertiary/aromatic N) is 2. The van der Waals surface area contributed by atoms with Crippen LogP contribution in [0, 0.1) is 0 Å². The first kappa shape index (κ1) is 20.2. The first-order valence-electron chi connectivity index (χ1n) is 9.65. The van der Waals surface area contributed by atoms with Crippen molar-refractivity contribution in [2.45, 2.75) is 16.8 Å². The van der Waals surface area contributed by atoms with E-state index in [0.29, 0.717) is 5.11 Å². The van der Waals surface area contributed by atoms with Crippen molar-refractivity contribution in [3.05, 3.63) is 115 Å². The lowest BCUT2D eigenvalue weighted by Crippen LogP contribution is -2.32. The number of thiocarbonyl (C=S) groups is 1. The Morgan fingerprint density at radius 1 is 0.867 bits per heavy atom. The van der Waals surface area contributed by atoms with Crippen LogP contribution in [0.5, 0.6) is 0 Å². The summed E-state index contributed by atoms with van der Waals surface area (Å²) in [6.07, 6.45) is 3.75. The van der Waals surface area contributed by atoms with Crippen molar-refractivity contribution < 1.29 is 0 Å². The highest BCUT2D eigenvalue weighted by Crippen LogP contribution is 2.22. The van der Waals surface area contributed by atoms with Crippen molar-refractivity contribution in [1.82, 2.24) is 15.1 Å². The molecule has 0 radical (unpaired) electrons. The molecule has 0 saturated carbocycles. The van der Waals surface area contributed by atoms with Gasteiger partial charge in [0, 0.05) is 11.1 Å². The van der Waals surface area contributed by atoms with Gasteiger partial charge in [0.05, 0.1) is 23.8 Å². The van der Waals surface area contributed by atoms with Crippen LogP contribution in [0.2, 0.25) is 0 Å². The maximum absolute atomic E-state index is 5.60. The number of benzene rings is 3. The van der Waals surface area contributed by atoms with Crippen LogP contribution in [-0.2, 0) is 5.88 Å². The summed E-state index contributed by atoms with van der Waals surface area (Å²) < 4.78 is 1.90.